The summed E-state index contributed by atoms with van der Waals surface area (Å²) in [6.07, 6.45) is 1.54. The highest BCUT2D eigenvalue weighted by atomic mass is 35.5. The van der Waals surface area contributed by atoms with E-state index in [1.807, 2.05) is 0 Å². The third-order valence-electron chi connectivity index (χ3n) is 3.92. The van der Waals surface area contributed by atoms with E-state index in [1.54, 1.807) is 12.1 Å². The maximum absolute atomic E-state index is 13.9. The molecule has 2 aromatic rings. The molecule has 0 N–H and O–H groups in total. The van der Waals surface area contributed by atoms with Gasteiger partial charge in [-0.15, -0.1) is 0 Å². The summed E-state index contributed by atoms with van der Waals surface area (Å²) in [5, 5.41) is 0.0266. The van der Waals surface area contributed by atoms with Gasteiger partial charge in [0.05, 0.1) is 23.4 Å². The number of nitrogens with zero attached hydrogens (tertiary/aromatic N) is 3. The van der Waals surface area contributed by atoms with E-state index in [2.05, 4.69) is 4.98 Å². The van der Waals surface area contributed by atoms with Crippen LogP contribution in [0.5, 0.6) is 5.88 Å². The quantitative estimate of drug-likeness (QED) is 0.840. The van der Waals surface area contributed by atoms with Crippen molar-refractivity contribution in [3.8, 4) is 5.88 Å². The van der Waals surface area contributed by atoms with Gasteiger partial charge in [-0.25, -0.2) is 9.37 Å². The molecule has 2 heterocycles. The first-order valence-corrected chi connectivity index (χ1v) is 7.92. The van der Waals surface area contributed by atoms with Gasteiger partial charge in [0.1, 0.15) is 12.4 Å². The third kappa shape index (κ3) is 3.41. The molecule has 25 heavy (non-hydrogen) atoms. The van der Waals surface area contributed by atoms with Crippen LogP contribution in [-0.2, 0) is 4.79 Å². The van der Waals surface area contributed by atoms with Gasteiger partial charge < -0.3 is 14.5 Å². The second-order valence-electron chi connectivity index (χ2n) is 5.43. The minimum atomic E-state index is -0.703. The Bertz CT molecular complexity index is 810. The highest BCUT2D eigenvalue weighted by Gasteiger charge is 2.30. The van der Waals surface area contributed by atoms with Crippen LogP contribution in [0.15, 0.2) is 36.5 Å². The van der Waals surface area contributed by atoms with E-state index < -0.39 is 11.7 Å². The Labute approximate surface area is 148 Å². The fraction of sp³-hybridized carbons (Fsp3) is 0.235. The van der Waals surface area contributed by atoms with E-state index in [-0.39, 0.29) is 36.1 Å². The van der Waals surface area contributed by atoms with Crippen LogP contribution in [0.1, 0.15) is 10.4 Å². The lowest BCUT2D eigenvalue weighted by atomic mass is 10.1. The minimum Gasteiger partial charge on any atom is -0.481 e. The number of ether oxygens (including phenoxy) is 1. The molecular weight excluding hydrogens is 349 g/mol. The first-order valence-electron chi connectivity index (χ1n) is 7.55. The average Bonchev–Trinajstić information content (AvgIpc) is 2.61. The lowest BCUT2D eigenvalue weighted by Crippen LogP contribution is -2.52. The highest BCUT2D eigenvalue weighted by molar-refractivity contribution is 6.33. The first-order chi connectivity index (χ1) is 12.0. The Morgan fingerprint density at radius 2 is 2.12 bits per heavy atom. The Hall–Kier alpha value is -2.67. The van der Waals surface area contributed by atoms with Crippen LogP contribution in [0.25, 0.3) is 0 Å². The molecule has 0 saturated carbocycles. The van der Waals surface area contributed by atoms with Crippen molar-refractivity contribution in [2.24, 2.45) is 0 Å². The number of carbonyl (C=O) groups excluding carboxylic acids is 2. The van der Waals surface area contributed by atoms with Gasteiger partial charge in [0.15, 0.2) is 0 Å². The maximum Gasteiger partial charge on any atom is 0.258 e. The molecule has 0 bridgehead atoms. The summed E-state index contributed by atoms with van der Waals surface area (Å²) in [5.74, 6) is -1.18. The zero-order chi connectivity index (χ0) is 18.0. The van der Waals surface area contributed by atoms with Gasteiger partial charge >= 0.3 is 0 Å². The van der Waals surface area contributed by atoms with E-state index in [0.29, 0.717) is 11.6 Å². The van der Waals surface area contributed by atoms with E-state index >= 15 is 0 Å². The lowest BCUT2D eigenvalue weighted by molar-refractivity contribution is -0.120. The van der Waals surface area contributed by atoms with Gasteiger partial charge in [-0.1, -0.05) is 17.7 Å². The molecule has 0 aliphatic carbocycles. The minimum absolute atomic E-state index is 0.0266. The predicted molar refractivity (Wildman–Crippen MR) is 90.5 cm³/mol. The number of methoxy groups -OCH3 is 1. The van der Waals surface area contributed by atoms with Crippen LogP contribution in [0, 0.1) is 5.82 Å². The van der Waals surface area contributed by atoms with Crippen molar-refractivity contribution in [1.82, 2.24) is 9.88 Å². The summed E-state index contributed by atoms with van der Waals surface area (Å²) >= 11 is 5.93. The van der Waals surface area contributed by atoms with Crippen LogP contribution in [0.2, 0.25) is 5.02 Å². The van der Waals surface area contributed by atoms with Gasteiger partial charge in [0.25, 0.3) is 5.91 Å². The molecule has 1 aromatic heterocycles. The van der Waals surface area contributed by atoms with Crippen LogP contribution in [0.4, 0.5) is 10.1 Å². The topological polar surface area (TPSA) is 62.7 Å². The van der Waals surface area contributed by atoms with Crippen molar-refractivity contribution in [1.29, 1.82) is 0 Å². The van der Waals surface area contributed by atoms with Crippen LogP contribution in [0.3, 0.4) is 0 Å². The zero-order valence-corrected chi connectivity index (χ0v) is 14.2. The van der Waals surface area contributed by atoms with Crippen LogP contribution in [-0.4, -0.2) is 48.4 Å². The molecule has 1 aromatic carbocycles. The van der Waals surface area contributed by atoms with Crippen LogP contribution < -0.4 is 9.64 Å². The Kier molecular flexibility index (Phi) is 4.85. The number of anilines is 1. The molecule has 0 atom stereocenters. The molecule has 0 radical (unpaired) electrons. The molecule has 6 nitrogen and oxygen atoms in total. The number of rotatable bonds is 3. The summed E-state index contributed by atoms with van der Waals surface area (Å²) in [5.41, 5.74) is 0.420. The fourth-order valence-corrected chi connectivity index (χ4v) is 2.90. The van der Waals surface area contributed by atoms with Crippen molar-refractivity contribution in [3.05, 3.63) is 52.9 Å². The lowest BCUT2D eigenvalue weighted by Gasteiger charge is -2.34. The number of aromatic nitrogens is 1. The molecule has 3 rings (SSSR count). The molecule has 1 saturated heterocycles. The van der Waals surface area contributed by atoms with Crippen molar-refractivity contribution in [2.75, 3.05) is 31.6 Å². The standard InChI is InChI=1S/C17H15ClFN3O3/c1-25-14-9-11(5-6-20-14)22-8-7-21(10-15(22)23)17(24)16-12(18)3-2-4-13(16)19/h2-6,9H,7-8,10H2,1H3. The molecular formula is C17H15ClFN3O3. The molecule has 8 heteroatoms. The smallest absolute Gasteiger partial charge is 0.258 e. The van der Waals surface area contributed by atoms with E-state index in [1.165, 1.54) is 41.3 Å². The summed E-state index contributed by atoms with van der Waals surface area (Å²) in [4.78, 5) is 31.8. The number of amides is 2. The average molecular weight is 364 g/mol. The molecule has 1 aliphatic rings. The zero-order valence-electron chi connectivity index (χ0n) is 13.4. The third-order valence-corrected chi connectivity index (χ3v) is 4.24. The molecule has 1 aliphatic heterocycles. The van der Waals surface area contributed by atoms with Gasteiger partial charge in [0.2, 0.25) is 11.8 Å². The Balaban J connectivity index is 1.77. The molecule has 2 amide bonds. The van der Waals surface area contributed by atoms with Gasteiger partial charge in [-0.3, -0.25) is 9.59 Å². The highest BCUT2D eigenvalue weighted by Crippen LogP contribution is 2.24. The van der Waals surface area contributed by atoms with Crippen LogP contribution >= 0.6 is 11.6 Å². The molecule has 0 spiro atoms. The number of carbonyl (C=O) groups is 2. The van der Waals surface area contributed by atoms with Crippen molar-refractivity contribution in [2.45, 2.75) is 0 Å². The number of hydrogen-bond donors (Lipinski definition) is 0. The largest absolute Gasteiger partial charge is 0.481 e. The van der Waals surface area contributed by atoms with Crippen molar-refractivity contribution >= 4 is 29.1 Å². The van der Waals surface area contributed by atoms with E-state index in [9.17, 15) is 14.0 Å². The summed E-state index contributed by atoms with van der Waals surface area (Å²) in [6, 6.07) is 7.36. The predicted octanol–water partition coefficient (Wildman–Crippen LogP) is 2.37. The Morgan fingerprint density at radius 1 is 1.32 bits per heavy atom. The molecule has 1 fully saturated rings. The number of hydrogen-bond acceptors (Lipinski definition) is 4. The normalized spacial score (nSPS) is 14.6. The second kappa shape index (κ2) is 7.06. The summed E-state index contributed by atoms with van der Waals surface area (Å²) < 4.78 is 19.0. The van der Waals surface area contributed by atoms with Gasteiger partial charge in [0, 0.05) is 25.4 Å². The van der Waals surface area contributed by atoms with Crippen molar-refractivity contribution in [3.63, 3.8) is 0 Å². The molecule has 130 valence electrons. The van der Waals surface area contributed by atoms with Gasteiger partial charge in [-0.2, -0.15) is 0 Å². The van der Waals surface area contributed by atoms with E-state index in [4.69, 9.17) is 16.3 Å². The fourth-order valence-electron chi connectivity index (χ4n) is 2.66. The second-order valence-corrected chi connectivity index (χ2v) is 5.83. The number of halogens is 2. The SMILES string of the molecule is COc1cc(N2CCN(C(=O)c3c(F)cccc3Cl)CC2=O)ccn1. The number of benzene rings is 1. The Morgan fingerprint density at radius 3 is 2.80 bits per heavy atom. The number of piperazine rings is 1. The summed E-state index contributed by atoms with van der Waals surface area (Å²) in [7, 11) is 1.49. The van der Waals surface area contributed by atoms with Crippen molar-refractivity contribution < 1.29 is 18.7 Å². The summed E-state index contributed by atoms with van der Waals surface area (Å²) in [6.45, 7) is 0.387. The number of pyridine rings is 1. The monoisotopic (exact) mass is 363 g/mol. The molecule has 0 unspecified atom stereocenters. The van der Waals surface area contributed by atoms with Gasteiger partial charge in [-0.05, 0) is 18.2 Å². The van der Waals surface area contributed by atoms with E-state index in [0.717, 1.165) is 0 Å². The maximum atomic E-state index is 13.9. The first kappa shape index (κ1) is 17.2.